The molecular weight excluding hydrogens is 312 g/mol. The van der Waals surface area contributed by atoms with Crippen molar-refractivity contribution >= 4 is 11.7 Å². The minimum atomic E-state index is -0.153. The standard InChI is InChI=1S/C14H18N2O2.C7H8/c17-13-6-10-8-16(9-11(10)7-13)14(18)15-12-4-2-1-3-5-12;1-7-5-3-2-4-6-7/h1-5,10-11,13,17H,6-9H2,(H,15,18);2-6H,1H3/t10-,11+,13?;. The highest BCUT2D eigenvalue weighted by Gasteiger charge is 2.41. The van der Waals surface area contributed by atoms with Gasteiger partial charge in [-0.25, -0.2) is 4.79 Å². The van der Waals surface area contributed by atoms with Gasteiger partial charge in [-0.05, 0) is 43.7 Å². The molecule has 2 fully saturated rings. The first-order valence-electron chi connectivity index (χ1n) is 8.92. The van der Waals surface area contributed by atoms with E-state index in [9.17, 15) is 9.90 Å². The SMILES string of the molecule is Cc1ccccc1.O=C(Nc1ccccc1)N1C[C@H]2CC(O)C[C@H]2C1. The van der Waals surface area contributed by atoms with Crippen molar-refractivity contribution < 1.29 is 9.90 Å². The summed E-state index contributed by atoms with van der Waals surface area (Å²) in [7, 11) is 0. The van der Waals surface area contributed by atoms with Crippen molar-refractivity contribution in [3.63, 3.8) is 0 Å². The normalized spacial score (nSPS) is 24.2. The molecule has 2 aromatic rings. The van der Waals surface area contributed by atoms with Crippen LogP contribution >= 0.6 is 0 Å². The summed E-state index contributed by atoms with van der Waals surface area (Å²) >= 11 is 0. The summed E-state index contributed by atoms with van der Waals surface area (Å²) in [5.41, 5.74) is 2.15. The van der Waals surface area contributed by atoms with Crippen LogP contribution in [0.25, 0.3) is 0 Å². The van der Waals surface area contributed by atoms with Gasteiger partial charge >= 0.3 is 6.03 Å². The van der Waals surface area contributed by atoms with Crippen LogP contribution in [0.15, 0.2) is 60.7 Å². The zero-order chi connectivity index (χ0) is 17.6. The zero-order valence-electron chi connectivity index (χ0n) is 14.6. The Labute approximate surface area is 149 Å². The van der Waals surface area contributed by atoms with E-state index in [2.05, 4.69) is 24.4 Å². The van der Waals surface area contributed by atoms with Crippen molar-refractivity contribution in [2.24, 2.45) is 11.8 Å². The fourth-order valence-electron chi connectivity index (χ4n) is 3.69. The van der Waals surface area contributed by atoms with Gasteiger partial charge in [0, 0.05) is 18.8 Å². The number of rotatable bonds is 1. The van der Waals surface area contributed by atoms with Gasteiger partial charge < -0.3 is 15.3 Å². The molecule has 0 radical (unpaired) electrons. The second kappa shape index (κ2) is 8.17. The number of anilines is 1. The number of carbonyl (C=O) groups is 1. The van der Waals surface area contributed by atoms with Crippen LogP contribution in [-0.4, -0.2) is 35.2 Å². The largest absolute Gasteiger partial charge is 0.393 e. The number of carbonyl (C=O) groups excluding carboxylic acids is 1. The lowest BCUT2D eigenvalue weighted by atomic mass is 10.0. The maximum absolute atomic E-state index is 12.1. The van der Waals surface area contributed by atoms with Crippen LogP contribution in [0.5, 0.6) is 0 Å². The lowest BCUT2D eigenvalue weighted by Crippen LogP contribution is -2.34. The summed E-state index contributed by atoms with van der Waals surface area (Å²) in [6.07, 6.45) is 1.54. The smallest absolute Gasteiger partial charge is 0.321 e. The van der Waals surface area contributed by atoms with E-state index in [-0.39, 0.29) is 12.1 Å². The molecule has 1 saturated heterocycles. The van der Waals surface area contributed by atoms with Crippen LogP contribution in [-0.2, 0) is 0 Å². The number of para-hydroxylation sites is 1. The molecule has 4 rings (SSSR count). The Bertz CT molecular complexity index is 661. The Kier molecular flexibility index (Phi) is 5.71. The van der Waals surface area contributed by atoms with Gasteiger partial charge in [-0.2, -0.15) is 0 Å². The first kappa shape index (κ1) is 17.5. The van der Waals surface area contributed by atoms with E-state index in [1.54, 1.807) is 0 Å². The maximum Gasteiger partial charge on any atom is 0.321 e. The van der Waals surface area contributed by atoms with Crippen LogP contribution in [0.1, 0.15) is 18.4 Å². The molecule has 1 aliphatic carbocycles. The average Bonchev–Trinajstić information content (AvgIpc) is 3.14. The number of hydrogen-bond donors (Lipinski definition) is 2. The van der Waals surface area contributed by atoms with Crippen molar-refractivity contribution in [3.05, 3.63) is 66.2 Å². The van der Waals surface area contributed by atoms with E-state index in [1.165, 1.54) is 5.56 Å². The third kappa shape index (κ3) is 4.83. The first-order valence-corrected chi connectivity index (χ1v) is 8.92. The van der Waals surface area contributed by atoms with Gasteiger partial charge in [-0.1, -0.05) is 54.1 Å². The highest BCUT2D eigenvalue weighted by molar-refractivity contribution is 5.89. The van der Waals surface area contributed by atoms with Crippen LogP contribution in [0.4, 0.5) is 10.5 Å². The van der Waals surface area contributed by atoms with Crippen LogP contribution in [0, 0.1) is 18.8 Å². The molecule has 3 atom stereocenters. The Morgan fingerprint density at radius 2 is 1.48 bits per heavy atom. The minimum absolute atomic E-state index is 0.0231. The van der Waals surface area contributed by atoms with E-state index >= 15 is 0 Å². The number of aliphatic hydroxyl groups is 1. The average molecular weight is 338 g/mol. The number of hydrogen-bond acceptors (Lipinski definition) is 2. The summed E-state index contributed by atoms with van der Waals surface area (Å²) in [6.45, 7) is 3.64. The van der Waals surface area contributed by atoms with Gasteiger partial charge in [0.15, 0.2) is 0 Å². The highest BCUT2D eigenvalue weighted by atomic mass is 16.3. The third-order valence-corrected chi connectivity index (χ3v) is 4.98. The number of benzene rings is 2. The number of likely N-dealkylation sites (tertiary alicyclic amines) is 1. The molecule has 2 aromatic carbocycles. The molecule has 2 aliphatic rings. The van der Waals surface area contributed by atoms with E-state index in [0.29, 0.717) is 11.8 Å². The number of amides is 2. The van der Waals surface area contributed by atoms with Crippen LogP contribution in [0.3, 0.4) is 0 Å². The molecule has 0 spiro atoms. The van der Waals surface area contributed by atoms with Crippen molar-refractivity contribution in [1.29, 1.82) is 0 Å². The summed E-state index contributed by atoms with van der Waals surface area (Å²) < 4.78 is 0. The van der Waals surface area contributed by atoms with Gasteiger partial charge in [0.25, 0.3) is 0 Å². The maximum atomic E-state index is 12.1. The molecular formula is C21H26N2O2. The van der Waals surface area contributed by atoms with Crippen LogP contribution in [0.2, 0.25) is 0 Å². The fourth-order valence-corrected chi connectivity index (χ4v) is 3.69. The molecule has 2 amide bonds. The number of nitrogens with zero attached hydrogens (tertiary/aromatic N) is 1. The van der Waals surface area contributed by atoms with Gasteiger partial charge in [0.2, 0.25) is 0 Å². The van der Waals surface area contributed by atoms with Crippen molar-refractivity contribution in [1.82, 2.24) is 4.90 Å². The highest BCUT2D eigenvalue weighted by Crippen LogP contribution is 2.38. The number of urea groups is 1. The van der Waals surface area contributed by atoms with E-state index in [1.807, 2.05) is 53.4 Å². The Hall–Kier alpha value is -2.33. The Morgan fingerprint density at radius 3 is 1.96 bits per heavy atom. The summed E-state index contributed by atoms with van der Waals surface area (Å²) in [6, 6.07) is 19.8. The predicted octanol–water partition coefficient (Wildman–Crippen LogP) is 3.92. The van der Waals surface area contributed by atoms with Gasteiger partial charge in [-0.3, -0.25) is 0 Å². The molecule has 0 aromatic heterocycles. The third-order valence-electron chi connectivity index (χ3n) is 4.98. The molecule has 0 bridgehead atoms. The molecule has 4 heteroatoms. The van der Waals surface area contributed by atoms with E-state index in [4.69, 9.17) is 0 Å². The lowest BCUT2D eigenvalue weighted by molar-refractivity contribution is 0.163. The zero-order valence-corrected chi connectivity index (χ0v) is 14.6. The van der Waals surface area contributed by atoms with Crippen LogP contribution < -0.4 is 5.32 Å². The molecule has 132 valence electrons. The molecule has 4 nitrogen and oxygen atoms in total. The second-order valence-electron chi connectivity index (χ2n) is 7.00. The predicted molar refractivity (Wildman–Crippen MR) is 100 cm³/mol. The van der Waals surface area contributed by atoms with Gasteiger partial charge in [0.05, 0.1) is 6.10 Å². The van der Waals surface area contributed by atoms with E-state index < -0.39 is 0 Å². The molecule has 1 unspecified atom stereocenters. The van der Waals surface area contributed by atoms with Gasteiger partial charge in [-0.15, -0.1) is 0 Å². The Morgan fingerprint density at radius 1 is 0.960 bits per heavy atom. The first-order chi connectivity index (χ1) is 12.1. The number of aryl methyl sites for hydroxylation is 1. The monoisotopic (exact) mass is 338 g/mol. The fraction of sp³-hybridized carbons (Fsp3) is 0.381. The second-order valence-corrected chi connectivity index (χ2v) is 7.00. The minimum Gasteiger partial charge on any atom is -0.393 e. The summed E-state index contributed by atoms with van der Waals surface area (Å²) in [4.78, 5) is 13.9. The molecule has 2 N–H and O–H groups in total. The molecule has 1 saturated carbocycles. The summed E-state index contributed by atoms with van der Waals surface area (Å²) in [5.74, 6) is 0.975. The number of fused-ring (bicyclic) bond motifs is 1. The van der Waals surface area contributed by atoms with Crippen molar-refractivity contribution in [3.8, 4) is 0 Å². The van der Waals surface area contributed by atoms with E-state index in [0.717, 1.165) is 31.6 Å². The molecule has 1 aliphatic heterocycles. The topological polar surface area (TPSA) is 52.6 Å². The molecule has 25 heavy (non-hydrogen) atoms. The van der Waals surface area contributed by atoms with Crippen molar-refractivity contribution in [2.45, 2.75) is 25.9 Å². The summed E-state index contributed by atoms with van der Waals surface area (Å²) in [5, 5.41) is 12.5. The quantitative estimate of drug-likeness (QED) is 0.828. The lowest BCUT2D eigenvalue weighted by Gasteiger charge is -2.18. The Balaban J connectivity index is 0.000000219. The number of nitrogens with one attached hydrogen (secondary N) is 1. The van der Waals surface area contributed by atoms with Crippen molar-refractivity contribution in [2.75, 3.05) is 18.4 Å². The molecule has 1 heterocycles. The van der Waals surface area contributed by atoms with Gasteiger partial charge in [0.1, 0.15) is 0 Å². The number of aliphatic hydroxyl groups excluding tert-OH is 1.